The van der Waals surface area contributed by atoms with Crippen molar-refractivity contribution in [3.8, 4) is 0 Å². The third kappa shape index (κ3) is 3.46. The SMILES string of the molecule is Nc1cc(S(=O)(=O)NCC2(O)CCOC2)ccc1Br. The molecule has 1 fully saturated rings. The quantitative estimate of drug-likeness (QED) is 0.684. The van der Waals surface area contributed by atoms with E-state index in [2.05, 4.69) is 20.7 Å². The highest BCUT2D eigenvalue weighted by molar-refractivity contribution is 9.10. The lowest BCUT2D eigenvalue weighted by atomic mass is 10.1. The van der Waals surface area contributed by atoms with Gasteiger partial charge >= 0.3 is 0 Å². The largest absolute Gasteiger partial charge is 0.398 e. The van der Waals surface area contributed by atoms with Gasteiger partial charge in [-0.15, -0.1) is 0 Å². The first kappa shape index (κ1) is 14.7. The minimum atomic E-state index is -3.69. The highest BCUT2D eigenvalue weighted by Crippen LogP contribution is 2.23. The van der Waals surface area contributed by atoms with Crippen LogP contribution in [0.25, 0.3) is 0 Å². The van der Waals surface area contributed by atoms with E-state index >= 15 is 0 Å². The summed E-state index contributed by atoms with van der Waals surface area (Å²) in [6, 6.07) is 4.37. The van der Waals surface area contributed by atoms with Crippen LogP contribution in [-0.4, -0.2) is 38.9 Å². The van der Waals surface area contributed by atoms with Crippen LogP contribution in [0.3, 0.4) is 0 Å². The van der Waals surface area contributed by atoms with Crippen molar-refractivity contribution in [2.45, 2.75) is 16.9 Å². The van der Waals surface area contributed by atoms with Gasteiger partial charge in [-0.2, -0.15) is 0 Å². The smallest absolute Gasteiger partial charge is 0.240 e. The lowest BCUT2D eigenvalue weighted by Crippen LogP contribution is -2.43. The molecule has 0 aliphatic carbocycles. The van der Waals surface area contributed by atoms with E-state index in [1.165, 1.54) is 12.1 Å². The topological polar surface area (TPSA) is 102 Å². The molecule has 1 aromatic rings. The lowest BCUT2D eigenvalue weighted by molar-refractivity contribution is 0.0314. The summed E-state index contributed by atoms with van der Waals surface area (Å²) in [6.07, 6.45) is 0.415. The number of rotatable bonds is 4. The Labute approximate surface area is 120 Å². The van der Waals surface area contributed by atoms with Crippen LogP contribution >= 0.6 is 15.9 Å². The molecule has 0 aromatic heterocycles. The summed E-state index contributed by atoms with van der Waals surface area (Å²) in [5.41, 5.74) is 4.86. The summed E-state index contributed by atoms with van der Waals surface area (Å²) in [6.45, 7) is 0.493. The van der Waals surface area contributed by atoms with Crippen LogP contribution in [0.2, 0.25) is 0 Å². The van der Waals surface area contributed by atoms with Crippen LogP contribution in [0.5, 0.6) is 0 Å². The van der Waals surface area contributed by atoms with Gasteiger partial charge < -0.3 is 15.6 Å². The standard InChI is InChI=1S/C11H15BrN2O4S/c12-9-2-1-8(5-10(9)13)19(16,17)14-6-11(15)3-4-18-7-11/h1-2,5,14-15H,3-4,6-7,13H2. The van der Waals surface area contributed by atoms with Gasteiger partial charge in [0.25, 0.3) is 0 Å². The Morgan fingerprint density at radius 2 is 2.26 bits per heavy atom. The molecule has 1 unspecified atom stereocenters. The summed E-state index contributed by atoms with van der Waals surface area (Å²) in [4.78, 5) is 0.0655. The highest BCUT2D eigenvalue weighted by Gasteiger charge is 2.33. The van der Waals surface area contributed by atoms with Crippen molar-refractivity contribution < 1.29 is 18.3 Å². The van der Waals surface area contributed by atoms with Crippen molar-refractivity contribution in [2.75, 3.05) is 25.5 Å². The van der Waals surface area contributed by atoms with Gasteiger partial charge in [0.2, 0.25) is 10.0 Å². The second kappa shape index (κ2) is 5.37. The van der Waals surface area contributed by atoms with Crippen molar-refractivity contribution in [3.63, 3.8) is 0 Å². The molecule has 0 bridgehead atoms. The zero-order chi connectivity index (χ0) is 14.1. The zero-order valence-corrected chi connectivity index (χ0v) is 12.5. The van der Waals surface area contributed by atoms with Gasteiger partial charge in [0, 0.05) is 29.7 Å². The Kier molecular flexibility index (Phi) is 4.17. The maximum absolute atomic E-state index is 12.1. The molecule has 1 aromatic carbocycles. The van der Waals surface area contributed by atoms with Crippen molar-refractivity contribution in [1.29, 1.82) is 0 Å². The van der Waals surface area contributed by atoms with Crippen LogP contribution in [0.4, 0.5) is 5.69 Å². The summed E-state index contributed by atoms with van der Waals surface area (Å²) in [7, 11) is -3.69. The summed E-state index contributed by atoms with van der Waals surface area (Å²) in [5.74, 6) is 0. The van der Waals surface area contributed by atoms with Gasteiger partial charge in [0.15, 0.2) is 0 Å². The van der Waals surface area contributed by atoms with E-state index in [-0.39, 0.29) is 18.0 Å². The summed E-state index contributed by atoms with van der Waals surface area (Å²) >= 11 is 3.20. The van der Waals surface area contributed by atoms with Gasteiger partial charge in [-0.05, 0) is 34.1 Å². The van der Waals surface area contributed by atoms with E-state index in [9.17, 15) is 13.5 Å². The van der Waals surface area contributed by atoms with Crippen LogP contribution < -0.4 is 10.5 Å². The summed E-state index contributed by atoms with van der Waals surface area (Å²) in [5, 5.41) is 10.0. The Hall–Kier alpha value is -0.670. The predicted octanol–water partition coefficient (Wildman–Crippen LogP) is 0.461. The molecule has 0 radical (unpaired) electrons. The van der Waals surface area contributed by atoms with Crippen molar-refractivity contribution in [2.24, 2.45) is 0 Å². The number of hydrogen-bond donors (Lipinski definition) is 3. The molecule has 2 rings (SSSR count). The number of nitrogens with one attached hydrogen (secondary N) is 1. The Bertz CT molecular complexity index is 570. The number of hydrogen-bond acceptors (Lipinski definition) is 5. The number of ether oxygens (including phenoxy) is 1. The highest BCUT2D eigenvalue weighted by atomic mass is 79.9. The van der Waals surface area contributed by atoms with Gasteiger partial charge in [0.05, 0.1) is 11.5 Å². The van der Waals surface area contributed by atoms with E-state index < -0.39 is 15.6 Å². The number of aliphatic hydroxyl groups is 1. The first-order valence-electron chi connectivity index (χ1n) is 5.67. The monoisotopic (exact) mass is 350 g/mol. The number of anilines is 1. The van der Waals surface area contributed by atoms with E-state index in [0.717, 1.165) is 0 Å². The molecule has 0 spiro atoms. The van der Waals surface area contributed by atoms with E-state index in [0.29, 0.717) is 23.2 Å². The molecule has 1 aliphatic heterocycles. The fourth-order valence-electron chi connectivity index (χ4n) is 1.74. The second-order valence-electron chi connectivity index (χ2n) is 4.53. The number of benzene rings is 1. The molecule has 4 N–H and O–H groups in total. The average Bonchev–Trinajstić information content (AvgIpc) is 2.78. The number of sulfonamides is 1. The molecular weight excluding hydrogens is 336 g/mol. The molecule has 19 heavy (non-hydrogen) atoms. The second-order valence-corrected chi connectivity index (χ2v) is 7.16. The van der Waals surface area contributed by atoms with Crippen molar-refractivity contribution in [3.05, 3.63) is 22.7 Å². The van der Waals surface area contributed by atoms with Crippen LogP contribution in [-0.2, 0) is 14.8 Å². The third-order valence-electron chi connectivity index (χ3n) is 2.95. The average molecular weight is 351 g/mol. The third-order valence-corrected chi connectivity index (χ3v) is 5.07. The van der Waals surface area contributed by atoms with Gasteiger partial charge in [-0.25, -0.2) is 13.1 Å². The molecule has 0 saturated carbocycles. The minimum absolute atomic E-state index is 0.0655. The maximum atomic E-state index is 12.1. The molecule has 1 atom stereocenters. The van der Waals surface area contributed by atoms with Gasteiger partial charge in [-0.1, -0.05) is 0 Å². The maximum Gasteiger partial charge on any atom is 0.240 e. The zero-order valence-electron chi connectivity index (χ0n) is 10.1. The molecule has 8 heteroatoms. The van der Waals surface area contributed by atoms with E-state index in [1.807, 2.05) is 0 Å². The number of halogens is 1. The molecule has 106 valence electrons. The van der Waals surface area contributed by atoms with Crippen molar-refractivity contribution in [1.82, 2.24) is 4.72 Å². The Balaban J connectivity index is 2.11. The minimum Gasteiger partial charge on any atom is -0.398 e. The Morgan fingerprint density at radius 1 is 1.53 bits per heavy atom. The lowest BCUT2D eigenvalue weighted by Gasteiger charge is -2.20. The van der Waals surface area contributed by atoms with E-state index in [1.54, 1.807) is 6.07 Å². The molecule has 1 saturated heterocycles. The van der Waals surface area contributed by atoms with Crippen molar-refractivity contribution >= 4 is 31.6 Å². The first-order valence-corrected chi connectivity index (χ1v) is 7.95. The van der Waals surface area contributed by atoms with Gasteiger partial charge in [0.1, 0.15) is 5.60 Å². The molecule has 0 amide bonds. The fourth-order valence-corrected chi connectivity index (χ4v) is 3.14. The number of nitrogen functional groups attached to an aromatic ring is 1. The first-order chi connectivity index (χ1) is 8.82. The van der Waals surface area contributed by atoms with Crippen LogP contribution in [0.15, 0.2) is 27.6 Å². The summed E-state index contributed by atoms with van der Waals surface area (Å²) < 4.78 is 32.2. The van der Waals surface area contributed by atoms with Crippen LogP contribution in [0, 0.1) is 0 Å². The Morgan fingerprint density at radius 3 is 2.84 bits per heavy atom. The number of nitrogens with two attached hydrogens (primary N) is 1. The van der Waals surface area contributed by atoms with Gasteiger partial charge in [-0.3, -0.25) is 0 Å². The molecular formula is C11H15BrN2O4S. The van der Waals surface area contributed by atoms with Crippen LogP contribution in [0.1, 0.15) is 6.42 Å². The normalized spacial score (nSPS) is 23.7. The fraction of sp³-hybridized carbons (Fsp3) is 0.455. The molecule has 1 heterocycles. The van der Waals surface area contributed by atoms with E-state index in [4.69, 9.17) is 10.5 Å². The predicted molar refractivity (Wildman–Crippen MR) is 74.1 cm³/mol. The molecule has 6 nitrogen and oxygen atoms in total. The molecule has 1 aliphatic rings.